The molecule has 1 aliphatic heterocycles. The van der Waals surface area contributed by atoms with Gasteiger partial charge in [0.05, 0.1) is 16.8 Å². The van der Waals surface area contributed by atoms with Crippen molar-refractivity contribution in [3.05, 3.63) is 27.7 Å². The molecule has 0 fully saturated rings. The fraction of sp³-hybridized carbons (Fsp3) is 0.364. The number of thioether (sulfide) groups is 1. The van der Waals surface area contributed by atoms with Crippen LogP contribution in [0.25, 0.3) is 0 Å². The number of amidine groups is 1. The standard InChI is InChI=1S/C11H12Cl2N2S/c1-6-3-9(13)10(4-8(6)12)15-11-14-7(2)5-16-11/h3-4,7H,5H2,1-2H3,(H,14,15). The van der Waals surface area contributed by atoms with E-state index in [2.05, 4.69) is 17.2 Å². The van der Waals surface area contributed by atoms with E-state index in [1.165, 1.54) is 0 Å². The minimum absolute atomic E-state index is 0.368. The first-order valence-electron chi connectivity index (χ1n) is 4.99. The first kappa shape index (κ1) is 12.1. The van der Waals surface area contributed by atoms with Crippen molar-refractivity contribution >= 4 is 45.8 Å². The van der Waals surface area contributed by atoms with Crippen molar-refractivity contribution in [3.8, 4) is 0 Å². The Balaban J connectivity index is 2.22. The Morgan fingerprint density at radius 2 is 2.12 bits per heavy atom. The third-order valence-electron chi connectivity index (χ3n) is 2.29. The van der Waals surface area contributed by atoms with Crippen LogP contribution in [-0.2, 0) is 0 Å². The number of benzene rings is 1. The maximum Gasteiger partial charge on any atom is 0.161 e. The Kier molecular flexibility index (Phi) is 3.67. The molecule has 0 saturated heterocycles. The van der Waals surface area contributed by atoms with Crippen LogP contribution in [0.5, 0.6) is 0 Å². The fourth-order valence-corrected chi connectivity index (χ4v) is 2.74. The maximum atomic E-state index is 6.13. The van der Waals surface area contributed by atoms with Crippen LogP contribution in [0.4, 0.5) is 5.69 Å². The molecular weight excluding hydrogens is 263 g/mol. The summed E-state index contributed by atoms with van der Waals surface area (Å²) in [6.07, 6.45) is 0. The lowest BCUT2D eigenvalue weighted by atomic mass is 10.2. The molecule has 16 heavy (non-hydrogen) atoms. The summed E-state index contributed by atoms with van der Waals surface area (Å²) < 4.78 is 0. The minimum atomic E-state index is 0.368. The zero-order valence-corrected chi connectivity index (χ0v) is 11.4. The summed E-state index contributed by atoms with van der Waals surface area (Å²) in [6, 6.07) is 4.06. The van der Waals surface area contributed by atoms with Crippen LogP contribution in [-0.4, -0.2) is 17.0 Å². The van der Waals surface area contributed by atoms with Crippen LogP contribution in [0.1, 0.15) is 12.5 Å². The van der Waals surface area contributed by atoms with Crippen molar-refractivity contribution in [1.82, 2.24) is 0 Å². The van der Waals surface area contributed by atoms with Crippen molar-refractivity contribution < 1.29 is 0 Å². The summed E-state index contributed by atoms with van der Waals surface area (Å²) in [7, 11) is 0. The van der Waals surface area contributed by atoms with Gasteiger partial charge in [-0.1, -0.05) is 35.0 Å². The second-order valence-electron chi connectivity index (χ2n) is 3.80. The van der Waals surface area contributed by atoms with E-state index in [0.29, 0.717) is 16.1 Å². The Labute approximate surface area is 109 Å². The average molecular weight is 275 g/mol. The molecule has 5 heteroatoms. The van der Waals surface area contributed by atoms with Crippen LogP contribution in [0.2, 0.25) is 10.0 Å². The molecule has 0 amide bonds. The lowest BCUT2D eigenvalue weighted by Crippen LogP contribution is -2.05. The highest BCUT2D eigenvalue weighted by Crippen LogP contribution is 2.30. The van der Waals surface area contributed by atoms with E-state index in [4.69, 9.17) is 23.2 Å². The highest BCUT2D eigenvalue weighted by atomic mass is 35.5. The van der Waals surface area contributed by atoms with E-state index in [1.54, 1.807) is 11.8 Å². The van der Waals surface area contributed by atoms with E-state index in [1.807, 2.05) is 19.1 Å². The second kappa shape index (κ2) is 4.86. The molecule has 86 valence electrons. The summed E-state index contributed by atoms with van der Waals surface area (Å²) in [4.78, 5) is 4.44. The zero-order valence-electron chi connectivity index (χ0n) is 9.05. The minimum Gasteiger partial charge on any atom is -0.334 e. The molecule has 1 aromatic carbocycles. The molecule has 0 spiro atoms. The topological polar surface area (TPSA) is 24.4 Å². The molecule has 1 atom stereocenters. The van der Waals surface area contributed by atoms with Crippen LogP contribution in [0, 0.1) is 6.92 Å². The molecule has 2 rings (SSSR count). The van der Waals surface area contributed by atoms with Gasteiger partial charge in [0.1, 0.15) is 0 Å². The highest BCUT2D eigenvalue weighted by molar-refractivity contribution is 8.14. The van der Waals surface area contributed by atoms with E-state index in [-0.39, 0.29) is 0 Å². The third-order valence-corrected chi connectivity index (χ3v) is 4.14. The molecule has 0 aromatic heterocycles. The Bertz CT molecular complexity index is 446. The molecule has 0 bridgehead atoms. The molecule has 1 aromatic rings. The van der Waals surface area contributed by atoms with Crippen LogP contribution in [0.3, 0.4) is 0 Å². The van der Waals surface area contributed by atoms with E-state index >= 15 is 0 Å². The Morgan fingerprint density at radius 3 is 2.75 bits per heavy atom. The number of aryl methyl sites for hydroxylation is 1. The number of nitrogens with zero attached hydrogens (tertiary/aromatic N) is 1. The summed E-state index contributed by atoms with van der Waals surface area (Å²) in [5.74, 6) is 1.01. The summed E-state index contributed by atoms with van der Waals surface area (Å²) in [6.45, 7) is 4.02. The fourth-order valence-electron chi connectivity index (χ4n) is 1.40. The lowest BCUT2D eigenvalue weighted by Gasteiger charge is -2.09. The SMILES string of the molecule is Cc1cc(Cl)c(NC2=NC(C)CS2)cc1Cl. The van der Waals surface area contributed by atoms with Gasteiger partial charge in [-0.3, -0.25) is 4.99 Å². The smallest absolute Gasteiger partial charge is 0.161 e. The molecule has 1 unspecified atom stereocenters. The van der Waals surface area contributed by atoms with Crippen molar-refractivity contribution in [2.24, 2.45) is 4.99 Å². The first-order valence-corrected chi connectivity index (χ1v) is 6.73. The molecule has 2 nitrogen and oxygen atoms in total. The van der Waals surface area contributed by atoms with Gasteiger partial charge in [0.15, 0.2) is 5.17 Å². The molecule has 1 heterocycles. The van der Waals surface area contributed by atoms with Crippen LogP contribution >= 0.6 is 35.0 Å². The molecule has 0 aliphatic carbocycles. The summed E-state index contributed by atoms with van der Waals surface area (Å²) >= 11 is 13.9. The van der Waals surface area contributed by atoms with Gasteiger partial charge in [-0.05, 0) is 31.5 Å². The van der Waals surface area contributed by atoms with Gasteiger partial charge in [0.25, 0.3) is 0 Å². The van der Waals surface area contributed by atoms with Gasteiger partial charge in [-0.15, -0.1) is 0 Å². The van der Waals surface area contributed by atoms with Gasteiger partial charge < -0.3 is 5.32 Å². The molecule has 1 N–H and O–H groups in total. The predicted molar refractivity (Wildman–Crippen MR) is 74.2 cm³/mol. The molecular formula is C11H12Cl2N2S. The van der Waals surface area contributed by atoms with Gasteiger partial charge >= 0.3 is 0 Å². The van der Waals surface area contributed by atoms with Gasteiger partial charge in [-0.25, -0.2) is 0 Å². The summed E-state index contributed by atoms with van der Waals surface area (Å²) in [5.41, 5.74) is 1.80. The number of rotatable bonds is 1. The number of halogens is 2. The molecule has 0 radical (unpaired) electrons. The first-order chi connectivity index (χ1) is 7.56. The lowest BCUT2D eigenvalue weighted by molar-refractivity contribution is 0.865. The molecule has 0 saturated carbocycles. The number of hydrogen-bond donors (Lipinski definition) is 1. The van der Waals surface area contributed by atoms with Gasteiger partial charge in [0, 0.05) is 10.8 Å². The number of anilines is 1. The van der Waals surface area contributed by atoms with E-state index < -0.39 is 0 Å². The van der Waals surface area contributed by atoms with E-state index in [9.17, 15) is 0 Å². The highest BCUT2D eigenvalue weighted by Gasteiger charge is 2.15. The van der Waals surface area contributed by atoms with Gasteiger partial charge in [-0.2, -0.15) is 0 Å². The van der Waals surface area contributed by atoms with Crippen LogP contribution < -0.4 is 5.32 Å². The largest absolute Gasteiger partial charge is 0.334 e. The van der Waals surface area contributed by atoms with Crippen LogP contribution in [0.15, 0.2) is 17.1 Å². The zero-order chi connectivity index (χ0) is 11.7. The quantitative estimate of drug-likeness (QED) is 0.830. The number of nitrogens with one attached hydrogen (secondary N) is 1. The van der Waals surface area contributed by atoms with Crippen molar-refractivity contribution in [1.29, 1.82) is 0 Å². The maximum absolute atomic E-state index is 6.13. The van der Waals surface area contributed by atoms with Gasteiger partial charge in [0.2, 0.25) is 0 Å². The van der Waals surface area contributed by atoms with E-state index in [0.717, 1.165) is 22.2 Å². The normalized spacial score (nSPS) is 19.8. The Morgan fingerprint density at radius 1 is 1.38 bits per heavy atom. The number of aliphatic imine (C=N–C) groups is 1. The third kappa shape index (κ3) is 2.65. The van der Waals surface area contributed by atoms with Crippen molar-refractivity contribution in [2.75, 3.05) is 11.1 Å². The number of hydrogen-bond acceptors (Lipinski definition) is 3. The van der Waals surface area contributed by atoms with Crippen molar-refractivity contribution in [2.45, 2.75) is 19.9 Å². The van der Waals surface area contributed by atoms with Crippen molar-refractivity contribution in [3.63, 3.8) is 0 Å². The average Bonchev–Trinajstić information content (AvgIpc) is 2.60. The molecule has 1 aliphatic rings. The Hall–Kier alpha value is -0.380. The summed E-state index contributed by atoms with van der Waals surface area (Å²) in [5, 5.41) is 5.50. The second-order valence-corrected chi connectivity index (χ2v) is 5.62. The predicted octanol–water partition coefficient (Wildman–Crippen LogP) is 4.21. The monoisotopic (exact) mass is 274 g/mol.